The highest BCUT2D eigenvalue weighted by molar-refractivity contribution is 5.72. The Bertz CT molecular complexity index is 410. The van der Waals surface area contributed by atoms with Crippen molar-refractivity contribution in [2.24, 2.45) is 0 Å². The van der Waals surface area contributed by atoms with Gasteiger partial charge in [-0.2, -0.15) is 0 Å². The SMILES string of the molecule is CCOC(=O)CC=Cc1cc(C)c(O)c(C)c1. The largest absolute Gasteiger partial charge is 0.507 e. The fourth-order valence-corrected chi connectivity index (χ4v) is 1.60. The summed E-state index contributed by atoms with van der Waals surface area (Å²) in [7, 11) is 0. The van der Waals surface area contributed by atoms with Crippen LogP contribution in [0.5, 0.6) is 5.75 Å². The molecular formula is C14H18O3. The molecule has 1 N–H and O–H groups in total. The molecule has 0 saturated carbocycles. The van der Waals surface area contributed by atoms with Gasteiger partial charge in [0, 0.05) is 0 Å². The van der Waals surface area contributed by atoms with Gasteiger partial charge in [0.25, 0.3) is 0 Å². The van der Waals surface area contributed by atoms with E-state index in [0.29, 0.717) is 12.4 Å². The number of benzene rings is 1. The molecule has 0 bridgehead atoms. The summed E-state index contributed by atoms with van der Waals surface area (Å²) >= 11 is 0. The molecule has 1 rings (SSSR count). The second kappa shape index (κ2) is 6.09. The van der Waals surface area contributed by atoms with Crippen molar-refractivity contribution >= 4 is 12.0 Å². The second-order valence-corrected chi connectivity index (χ2v) is 3.91. The van der Waals surface area contributed by atoms with Gasteiger partial charge < -0.3 is 9.84 Å². The van der Waals surface area contributed by atoms with Crippen molar-refractivity contribution in [3.05, 3.63) is 34.9 Å². The van der Waals surface area contributed by atoms with Crippen molar-refractivity contribution in [2.45, 2.75) is 27.2 Å². The van der Waals surface area contributed by atoms with Crippen molar-refractivity contribution in [2.75, 3.05) is 6.61 Å². The van der Waals surface area contributed by atoms with Crippen LogP contribution in [-0.4, -0.2) is 17.7 Å². The minimum Gasteiger partial charge on any atom is -0.507 e. The summed E-state index contributed by atoms with van der Waals surface area (Å²) < 4.78 is 4.82. The van der Waals surface area contributed by atoms with Crippen LogP contribution in [0.2, 0.25) is 0 Å². The lowest BCUT2D eigenvalue weighted by Crippen LogP contribution is -2.01. The number of ether oxygens (including phenoxy) is 1. The van der Waals surface area contributed by atoms with Crippen LogP contribution in [0.25, 0.3) is 6.08 Å². The number of carbonyl (C=O) groups excluding carboxylic acids is 1. The number of phenols is 1. The highest BCUT2D eigenvalue weighted by Crippen LogP contribution is 2.23. The van der Waals surface area contributed by atoms with E-state index in [1.807, 2.05) is 32.1 Å². The molecule has 0 atom stereocenters. The van der Waals surface area contributed by atoms with Crippen molar-refractivity contribution in [1.29, 1.82) is 0 Å². The Hall–Kier alpha value is -1.77. The molecule has 1 aromatic rings. The van der Waals surface area contributed by atoms with E-state index in [1.165, 1.54) is 0 Å². The van der Waals surface area contributed by atoms with Crippen LogP contribution in [0.3, 0.4) is 0 Å². The van der Waals surface area contributed by atoms with Crippen LogP contribution in [-0.2, 0) is 9.53 Å². The third kappa shape index (κ3) is 3.94. The zero-order valence-corrected chi connectivity index (χ0v) is 10.5. The summed E-state index contributed by atoms with van der Waals surface area (Å²) in [5.41, 5.74) is 2.64. The van der Waals surface area contributed by atoms with E-state index in [1.54, 1.807) is 13.0 Å². The third-order valence-corrected chi connectivity index (χ3v) is 2.41. The quantitative estimate of drug-likeness (QED) is 0.815. The van der Waals surface area contributed by atoms with Crippen molar-refractivity contribution < 1.29 is 14.6 Å². The average molecular weight is 234 g/mol. The molecule has 0 aliphatic heterocycles. The van der Waals surface area contributed by atoms with E-state index in [0.717, 1.165) is 16.7 Å². The van der Waals surface area contributed by atoms with Crippen molar-refractivity contribution in [1.82, 2.24) is 0 Å². The Labute approximate surface area is 102 Å². The summed E-state index contributed by atoms with van der Waals surface area (Å²) in [5.74, 6) is 0.100. The number of rotatable bonds is 4. The van der Waals surface area contributed by atoms with Gasteiger partial charge in [0.15, 0.2) is 0 Å². The van der Waals surface area contributed by atoms with Crippen LogP contribution in [0, 0.1) is 13.8 Å². The first-order valence-corrected chi connectivity index (χ1v) is 5.67. The second-order valence-electron chi connectivity index (χ2n) is 3.91. The molecule has 3 nitrogen and oxygen atoms in total. The fourth-order valence-electron chi connectivity index (χ4n) is 1.60. The van der Waals surface area contributed by atoms with Gasteiger partial charge in [0.1, 0.15) is 5.75 Å². The molecule has 0 aromatic heterocycles. The van der Waals surface area contributed by atoms with Crippen LogP contribution >= 0.6 is 0 Å². The van der Waals surface area contributed by atoms with Gasteiger partial charge in [-0.3, -0.25) is 4.79 Å². The number of hydrogen-bond acceptors (Lipinski definition) is 3. The van der Waals surface area contributed by atoms with Gasteiger partial charge in [-0.1, -0.05) is 12.2 Å². The monoisotopic (exact) mass is 234 g/mol. The Morgan fingerprint density at radius 2 is 1.94 bits per heavy atom. The lowest BCUT2D eigenvalue weighted by molar-refractivity contribution is -0.142. The van der Waals surface area contributed by atoms with E-state index in [2.05, 4.69) is 0 Å². The van der Waals surface area contributed by atoms with Gasteiger partial charge in [0.2, 0.25) is 0 Å². The van der Waals surface area contributed by atoms with Crippen molar-refractivity contribution in [3.8, 4) is 5.75 Å². The van der Waals surface area contributed by atoms with Gasteiger partial charge in [-0.05, 0) is 49.6 Å². The van der Waals surface area contributed by atoms with Crippen LogP contribution in [0.1, 0.15) is 30.0 Å². The molecule has 0 amide bonds. The Kier molecular flexibility index (Phi) is 4.76. The molecule has 0 aliphatic carbocycles. The minimum absolute atomic E-state index is 0.226. The maximum absolute atomic E-state index is 11.1. The van der Waals surface area contributed by atoms with E-state index in [9.17, 15) is 9.90 Å². The first-order chi connectivity index (χ1) is 8.04. The van der Waals surface area contributed by atoms with Crippen LogP contribution in [0.15, 0.2) is 18.2 Å². The summed E-state index contributed by atoms with van der Waals surface area (Å²) in [6, 6.07) is 3.76. The number of carbonyl (C=O) groups is 1. The number of phenolic OH excluding ortho intramolecular Hbond substituents is 1. The molecule has 92 valence electrons. The normalized spacial score (nSPS) is 10.8. The third-order valence-electron chi connectivity index (χ3n) is 2.41. The van der Waals surface area contributed by atoms with E-state index < -0.39 is 0 Å². The predicted octanol–water partition coefficient (Wildman–Crippen LogP) is 2.98. The van der Waals surface area contributed by atoms with Gasteiger partial charge >= 0.3 is 5.97 Å². The summed E-state index contributed by atoms with van der Waals surface area (Å²) in [6.07, 6.45) is 3.90. The molecule has 1 aromatic carbocycles. The first kappa shape index (κ1) is 13.3. The zero-order chi connectivity index (χ0) is 12.8. The van der Waals surface area contributed by atoms with Gasteiger partial charge in [-0.25, -0.2) is 0 Å². The van der Waals surface area contributed by atoms with E-state index in [4.69, 9.17) is 4.74 Å². The lowest BCUT2D eigenvalue weighted by atomic mass is 10.1. The zero-order valence-electron chi connectivity index (χ0n) is 10.5. The fraction of sp³-hybridized carbons (Fsp3) is 0.357. The smallest absolute Gasteiger partial charge is 0.309 e. The van der Waals surface area contributed by atoms with Gasteiger partial charge in [-0.15, -0.1) is 0 Å². The number of esters is 1. The molecule has 0 saturated heterocycles. The molecule has 0 unspecified atom stereocenters. The number of hydrogen-bond donors (Lipinski definition) is 1. The molecule has 0 heterocycles. The molecule has 0 aliphatic rings. The lowest BCUT2D eigenvalue weighted by Gasteiger charge is -2.04. The number of aryl methyl sites for hydroxylation is 2. The highest BCUT2D eigenvalue weighted by atomic mass is 16.5. The molecule has 0 fully saturated rings. The Morgan fingerprint density at radius 3 is 2.47 bits per heavy atom. The summed E-state index contributed by atoms with van der Waals surface area (Å²) in [6.45, 7) is 5.90. The first-order valence-electron chi connectivity index (χ1n) is 5.67. The minimum atomic E-state index is -0.226. The predicted molar refractivity (Wildman–Crippen MR) is 67.9 cm³/mol. The summed E-state index contributed by atoms with van der Waals surface area (Å²) in [5, 5.41) is 9.62. The molecule has 0 radical (unpaired) electrons. The standard InChI is InChI=1S/C14H18O3/c1-4-17-13(15)7-5-6-12-8-10(2)14(16)11(3)9-12/h5-6,8-9,16H,4,7H2,1-3H3. The maximum atomic E-state index is 11.1. The average Bonchev–Trinajstić information content (AvgIpc) is 2.26. The summed E-state index contributed by atoms with van der Waals surface area (Å²) in [4.78, 5) is 11.1. The van der Waals surface area contributed by atoms with Crippen LogP contribution in [0.4, 0.5) is 0 Å². The van der Waals surface area contributed by atoms with E-state index >= 15 is 0 Å². The Morgan fingerprint density at radius 1 is 1.35 bits per heavy atom. The number of aromatic hydroxyl groups is 1. The maximum Gasteiger partial charge on any atom is 0.309 e. The van der Waals surface area contributed by atoms with Gasteiger partial charge in [0.05, 0.1) is 13.0 Å². The van der Waals surface area contributed by atoms with E-state index in [-0.39, 0.29) is 12.4 Å². The van der Waals surface area contributed by atoms with Crippen molar-refractivity contribution in [3.63, 3.8) is 0 Å². The Balaban J connectivity index is 2.69. The molecule has 0 spiro atoms. The molecule has 3 heteroatoms. The molecular weight excluding hydrogens is 216 g/mol. The topological polar surface area (TPSA) is 46.5 Å². The highest BCUT2D eigenvalue weighted by Gasteiger charge is 2.01. The molecule has 17 heavy (non-hydrogen) atoms. The van der Waals surface area contributed by atoms with Crippen LogP contribution < -0.4 is 0 Å².